The van der Waals surface area contributed by atoms with Crippen molar-refractivity contribution in [3.63, 3.8) is 0 Å². The van der Waals surface area contributed by atoms with Crippen molar-refractivity contribution in [2.75, 3.05) is 125 Å². The number of aliphatic hydroxyl groups is 2. The van der Waals surface area contributed by atoms with Crippen molar-refractivity contribution in [1.82, 2.24) is 0 Å². The number of hydrogen-bond acceptors (Lipinski definition) is 12. The Bertz CT molecular complexity index is 1980. The van der Waals surface area contributed by atoms with Gasteiger partial charge in [-0.1, -0.05) is 0 Å². The standard InChI is InChI=1S/2C25H36NO6.2HI/c2*1-26(9-7-11-27)10-8-18-15-21(28-2)22(29-3)16-19(18)20(26)12-17-13-23(30-4)25(32-6)24(14-17)31-5;;/h2*13-16,20,27H,7-12H2,1-6H3;2*1H/q2*+1;;/p-2/t2*20-,26+;;/m10../s1. The molecule has 2 aliphatic rings. The maximum Gasteiger partial charge on any atom is 0.203 e. The number of rotatable bonds is 20. The Morgan fingerprint density at radius 2 is 0.712 bits per heavy atom. The summed E-state index contributed by atoms with van der Waals surface area (Å²) in [6.45, 7) is 4.11. The highest BCUT2D eigenvalue weighted by atomic mass is 127. The van der Waals surface area contributed by atoms with Crippen molar-refractivity contribution in [1.29, 1.82) is 0 Å². The highest BCUT2D eigenvalue weighted by Crippen LogP contribution is 2.47. The van der Waals surface area contributed by atoms with Gasteiger partial charge in [0.25, 0.3) is 0 Å². The second-order valence-electron chi connectivity index (χ2n) is 16.8. The van der Waals surface area contributed by atoms with Gasteiger partial charge in [-0.25, -0.2) is 0 Å². The van der Waals surface area contributed by atoms with E-state index in [-0.39, 0.29) is 73.3 Å². The molecule has 4 aromatic rings. The van der Waals surface area contributed by atoms with Gasteiger partial charge in [0.1, 0.15) is 12.1 Å². The number of hydrogen-bond donors (Lipinski definition) is 2. The molecule has 16 heteroatoms. The summed E-state index contributed by atoms with van der Waals surface area (Å²) in [4.78, 5) is 0. The number of ether oxygens (including phenoxy) is 10. The Morgan fingerprint density at radius 3 is 0.970 bits per heavy atom. The quantitative estimate of drug-likeness (QED) is 0.0960. The largest absolute Gasteiger partial charge is 1.00 e. The van der Waals surface area contributed by atoms with Crippen LogP contribution in [0.5, 0.6) is 57.5 Å². The predicted molar refractivity (Wildman–Crippen MR) is 247 cm³/mol. The number of nitrogens with zero attached hydrogens (tertiary/aromatic N) is 2. The fraction of sp³-hybridized carbons (Fsp3) is 0.520. The minimum Gasteiger partial charge on any atom is -1.00 e. The molecule has 4 atom stereocenters. The van der Waals surface area contributed by atoms with Gasteiger partial charge in [0, 0.05) is 62.9 Å². The Morgan fingerprint density at radius 1 is 0.424 bits per heavy atom. The van der Waals surface area contributed by atoms with E-state index in [0.29, 0.717) is 34.5 Å². The van der Waals surface area contributed by atoms with Crippen LogP contribution in [-0.2, 0) is 25.7 Å². The second-order valence-corrected chi connectivity index (χ2v) is 16.8. The molecule has 0 saturated heterocycles. The fourth-order valence-corrected chi connectivity index (χ4v) is 9.67. The third-order valence-corrected chi connectivity index (χ3v) is 13.3. The van der Waals surface area contributed by atoms with Crippen LogP contribution in [0.1, 0.15) is 58.3 Å². The first-order chi connectivity index (χ1) is 30.9. The maximum atomic E-state index is 9.53. The van der Waals surface area contributed by atoms with Gasteiger partial charge >= 0.3 is 0 Å². The molecule has 2 N–H and O–H groups in total. The Kier molecular flexibility index (Phi) is 22.3. The topological polar surface area (TPSA) is 133 Å². The molecule has 2 aliphatic heterocycles. The Balaban J connectivity index is 0.000000340. The van der Waals surface area contributed by atoms with Crippen LogP contribution in [0.15, 0.2) is 48.5 Å². The van der Waals surface area contributed by atoms with Crippen LogP contribution in [0.2, 0.25) is 0 Å². The molecule has 0 amide bonds. The molecule has 4 aromatic carbocycles. The van der Waals surface area contributed by atoms with Crippen LogP contribution >= 0.6 is 0 Å². The monoisotopic (exact) mass is 1150 g/mol. The number of halogens is 2. The van der Waals surface area contributed by atoms with E-state index in [9.17, 15) is 10.2 Å². The van der Waals surface area contributed by atoms with E-state index in [2.05, 4.69) is 38.4 Å². The molecule has 0 saturated carbocycles. The van der Waals surface area contributed by atoms with Gasteiger partial charge in [-0.05, 0) is 70.8 Å². The van der Waals surface area contributed by atoms with E-state index < -0.39 is 0 Å². The third kappa shape index (κ3) is 12.4. The molecule has 368 valence electrons. The van der Waals surface area contributed by atoms with Crippen molar-refractivity contribution >= 4 is 0 Å². The van der Waals surface area contributed by atoms with Gasteiger partial charge in [0.05, 0.1) is 111 Å². The van der Waals surface area contributed by atoms with Crippen molar-refractivity contribution in [3.8, 4) is 57.5 Å². The van der Waals surface area contributed by atoms with Crippen molar-refractivity contribution in [3.05, 3.63) is 81.9 Å². The summed E-state index contributed by atoms with van der Waals surface area (Å²) in [5, 5.41) is 19.1. The van der Waals surface area contributed by atoms with Crippen LogP contribution in [-0.4, -0.2) is 144 Å². The molecule has 6 rings (SSSR count). The Labute approximate surface area is 426 Å². The molecule has 0 unspecified atom stereocenters. The smallest absolute Gasteiger partial charge is 0.203 e. The molecular weight excluding hydrogens is 1070 g/mol. The summed E-state index contributed by atoms with van der Waals surface area (Å²) in [5.74, 6) is 6.74. The summed E-state index contributed by atoms with van der Waals surface area (Å²) in [5.41, 5.74) is 7.26. The number of quaternary nitrogens is 2. The van der Waals surface area contributed by atoms with Crippen molar-refractivity contribution < 1.29 is 115 Å². The van der Waals surface area contributed by atoms with E-state index in [1.165, 1.54) is 22.3 Å². The minimum atomic E-state index is 0. The van der Waals surface area contributed by atoms with Gasteiger partial charge < -0.3 is 115 Å². The van der Waals surface area contributed by atoms with E-state index in [4.69, 9.17) is 47.4 Å². The summed E-state index contributed by atoms with van der Waals surface area (Å²) in [7, 11) is 21.0. The molecule has 0 spiro atoms. The van der Waals surface area contributed by atoms with Crippen LogP contribution in [0.3, 0.4) is 0 Å². The summed E-state index contributed by atoms with van der Waals surface area (Å²) in [6.07, 6.45) is 4.96. The van der Waals surface area contributed by atoms with E-state index in [0.717, 1.165) is 108 Å². The van der Waals surface area contributed by atoms with E-state index in [1.807, 2.05) is 24.3 Å². The van der Waals surface area contributed by atoms with Gasteiger partial charge in [-0.15, -0.1) is 0 Å². The van der Waals surface area contributed by atoms with Gasteiger partial charge in [0.2, 0.25) is 11.5 Å². The zero-order chi connectivity index (χ0) is 46.6. The normalized spacial score (nSPS) is 19.2. The highest BCUT2D eigenvalue weighted by Gasteiger charge is 2.41. The molecule has 14 nitrogen and oxygen atoms in total. The number of benzene rings is 4. The average Bonchev–Trinajstić information content (AvgIpc) is 3.33. The predicted octanol–water partition coefficient (Wildman–Crippen LogP) is 0.805. The van der Waals surface area contributed by atoms with Crippen LogP contribution in [0.4, 0.5) is 0 Å². The van der Waals surface area contributed by atoms with Gasteiger partial charge in [0.15, 0.2) is 46.0 Å². The summed E-state index contributed by atoms with van der Waals surface area (Å²) in [6, 6.07) is 16.9. The lowest BCUT2D eigenvalue weighted by molar-refractivity contribution is -0.941. The molecule has 66 heavy (non-hydrogen) atoms. The minimum absolute atomic E-state index is 0. The molecule has 0 aliphatic carbocycles. The van der Waals surface area contributed by atoms with Crippen LogP contribution in [0, 0.1) is 0 Å². The molecule has 0 bridgehead atoms. The molecule has 0 fully saturated rings. The van der Waals surface area contributed by atoms with E-state index in [1.54, 1.807) is 71.1 Å². The van der Waals surface area contributed by atoms with Crippen molar-refractivity contribution in [2.24, 2.45) is 0 Å². The first-order valence-corrected chi connectivity index (χ1v) is 21.9. The molecule has 0 aromatic heterocycles. The number of aliphatic hydroxyl groups excluding tert-OH is 2. The lowest BCUT2D eigenvalue weighted by Gasteiger charge is -2.46. The third-order valence-electron chi connectivity index (χ3n) is 13.3. The van der Waals surface area contributed by atoms with Crippen LogP contribution in [0.25, 0.3) is 0 Å². The molecule has 0 radical (unpaired) electrons. The first kappa shape index (κ1) is 56.5. The molecule has 2 heterocycles. The fourth-order valence-electron chi connectivity index (χ4n) is 9.67. The highest BCUT2D eigenvalue weighted by molar-refractivity contribution is 5.56. The lowest BCUT2D eigenvalue weighted by Crippen LogP contribution is -3.00. The number of fused-ring (bicyclic) bond motifs is 2. The second kappa shape index (κ2) is 26.1. The zero-order valence-electron chi connectivity index (χ0n) is 40.9. The average molecular weight is 1150 g/mol. The first-order valence-electron chi connectivity index (χ1n) is 21.9. The summed E-state index contributed by atoms with van der Waals surface area (Å²) < 4.78 is 57.3. The van der Waals surface area contributed by atoms with Crippen LogP contribution < -0.4 is 95.3 Å². The van der Waals surface area contributed by atoms with E-state index >= 15 is 0 Å². The van der Waals surface area contributed by atoms with Gasteiger partial charge in [-0.3, -0.25) is 0 Å². The number of methoxy groups -OCH3 is 10. The van der Waals surface area contributed by atoms with Crippen molar-refractivity contribution in [2.45, 2.75) is 50.6 Å². The SMILES string of the molecule is COc1cc2c(cc1OC)[C@@H](Cc1cc(OC)c(OC)c(OC)c1)[N@@+](C)(CCCO)CC2.COc1cc2c(cc1OC)[C@H](Cc1cc(OC)c(OC)c(OC)c1)[N@+](C)(CCCO)CC2.[I-].[I-]. The zero-order valence-corrected chi connectivity index (χ0v) is 45.2. The Hall–Kier alpha value is -3.82. The summed E-state index contributed by atoms with van der Waals surface area (Å²) >= 11 is 0. The number of likely N-dealkylation sites (N-methyl/N-ethyl adjacent to an activating group) is 2. The lowest BCUT2D eigenvalue weighted by atomic mass is 9.86. The van der Waals surface area contributed by atoms with Gasteiger partial charge in [-0.2, -0.15) is 0 Å². The maximum absolute atomic E-state index is 9.53. The molecular formula is C50H72I2N2O12.